The van der Waals surface area contributed by atoms with Gasteiger partial charge in [0.25, 0.3) is 0 Å². The standard InChI is InChI=1S/C20H25NO/c1-14(2)18-9-6-17(7-10-18)8-12-20(22)21-19-11-5-15(3)13-16(19)4/h5-7,9-11,13-14H,8,12H2,1-4H3,(H,21,22). The van der Waals surface area contributed by atoms with Gasteiger partial charge in [-0.15, -0.1) is 0 Å². The molecule has 2 heteroatoms. The third kappa shape index (κ3) is 4.45. The second-order valence-corrected chi connectivity index (χ2v) is 6.26. The van der Waals surface area contributed by atoms with E-state index < -0.39 is 0 Å². The Morgan fingerprint density at radius 3 is 2.32 bits per heavy atom. The molecule has 0 radical (unpaired) electrons. The Hall–Kier alpha value is -2.09. The minimum absolute atomic E-state index is 0.0693. The van der Waals surface area contributed by atoms with E-state index in [1.807, 2.05) is 19.1 Å². The van der Waals surface area contributed by atoms with E-state index in [1.165, 1.54) is 16.7 Å². The van der Waals surface area contributed by atoms with Crippen molar-refractivity contribution >= 4 is 11.6 Å². The number of amides is 1. The van der Waals surface area contributed by atoms with Gasteiger partial charge in [-0.1, -0.05) is 55.8 Å². The van der Waals surface area contributed by atoms with Crippen LogP contribution in [0.25, 0.3) is 0 Å². The van der Waals surface area contributed by atoms with E-state index in [2.05, 4.69) is 56.4 Å². The van der Waals surface area contributed by atoms with Crippen LogP contribution < -0.4 is 5.32 Å². The highest BCUT2D eigenvalue weighted by molar-refractivity contribution is 5.91. The molecule has 0 aliphatic heterocycles. The molecular weight excluding hydrogens is 270 g/mol. The quantitative estimate of drug-likeness (QED) is 0.826. The fourth-order valence-electron chi connectivity index (χ4n) is 2.49. The second-order valence-electron chi connectivity index (χ2n) is 6.26. The van der Waals surface area contributed by atoms with Crippen LogP contribution in [0.3, 0.4) is 0 Å². The molecule has 0 spiro atoms. The lowest BCUT2D eigenvalue weighted by atomic mass is 10.0. The van der Waals surface area contributed by atoms with Crippen molar-refractivity contribution in [1.29, 1.82) is 0 Å². The van der Waals surface area contributed by atoms with Crippen LogP contribution in [0.15, 0.2) is 42.5 Å². The molecule has 0 aliphatic carbocycles. The largest absolute Gasteiger partial charge is 0.326 e. The zero-order chi connectivity index (χ0) is 16.1. The molecule has 2 rings (SSSR count). The normalized spacial score (nSPS) is 10.8. The number of carbonyl (C=O) groups is 1. The molecule has 2 aromatic carbocycles. The summed E-state index contributed by atoms with van der Waals surface area (Å²) < 4.78 is 0. The highest BCUT2D eigenvalue weighted by Crippen LogP contribution is 2.18. The molecule has 0 bridgehead atoms. The molecule has 0 unspecified atom stereocenters. The molecule has 0 saturated carbocycles. The summed E-state index contributed by atoms with van der Waals surface area (Å²) in [7, 11) is 0. The maximum absolute atomic E-state index is 12.1. The van der Waals surface area contributed by atoms with Gasteiger partial charge in [0.1, 0.15) is 0 Å². The molecule has 1 N–H and O–H groups in total. The first-order chi connectivity index (χ1) is 10.5. The lowest BCUT2D eigenvalue weighted by Crippen LogP contribution is -2.13. The summed E-state index contributed by atoms with van der Waals surface area (Å²) in [5.41, 5.74) is 5.77. The molecule has 1 amide bonds. The van der Waals surface area contributed by atoms with E-state index in [4.69, 9.17) is 0 Å². The van der Waals surface area contributed by atoms with Gasteiger partial charge in [0.15, 0.2) is 0 Å². The van der Waals surface area contributed by atoms with Gasteiger partial charge in [0.05, 0.1) is 0 Å². The summed E-state index contributed by atoms with van der Waals surface area (Å²) in [5, 5.41) is 3.00. The lowest BCUT2D eigenvalue weighted by molar-refractivity contribution is -0.116. The monoisotopic (exact) mass is 295 g/mol. The molecule has 0 heterocycles. The van der Waals surface area contributed by atoms with Crippen molar-refractivity contribution in [1.82, 2.24) is 0 Å². The van der Waals surface area contributed by atoms with Crippen LogP contribution >= 0.6 is 0 Å². The van der Waals surface area contributed by atoms with Gasteiger partial charge >= 0.3 is 0 Å². The molecular formula is C20H25NO. The van der Waals surface area contributed by atoms with Crippen LogP contribution in [0.1, 0.15) is 48.4 Å². The van der Waals surface area contributed by atoms with Gasteiger partial charge in [-0.2, -0.15) is 0 Å². The minimum atomic E-state index is 0.0693. The number of rotatable bonds is 5. The molecule has 0 aliphatic rings. The average Bonchev–Trinajstić information content (AvgIpc) is 2.48. The van der Waals surface area contributed by atoms with Crippen LogP contribution in [0, 0.1) is 13.8 Å². The van der Waals surface area contributed by atoms with Crippen LogP contribution in [0.2, 0.25) is 0 Å². The Labute approximate surface area is 133 Å². The smallest absolute Gasteiger partial charge is 0.224 e. The summed E-state index contributed by atoms with van der Waals surface area (Å²) in [6.45, 7) is 8.45. The van der Waals surface area contributed by atoms with E-state index in [0.717, 1.165) is 17.7 Å². The van der Waals surface area contributed by atoms with E-state index in [1.54, 1.807) is 0 Å². The number of benzene rings is 2. The van der Waals surface area contributed by atoms with E-state index in [-0.39, 0.29) is 5.91 Å². The SMILES string of the molecule is Cc1ccc(NC(=O)CCc2ccc(C(C)C)cc2)c(C)c1. The Balaban J connectivity index is 1.89. The average molecular weight is 295 g/mol. The Kier molecular flexibility index (Phi) is 5.37. The first kappa shape index (κ1) is 16.3. The third-order valence-electron chi connectivity index (χ3n) is 3.94. The number of carbonyl (C=O) groups excluding carboxylic acids is 1. The second kappa shape index (κ2) is 7.26. The van der Waals surface area contributed by atoms with Crippen molar-refractivity contribution < 1.29 is 4.79 Å². The van der Waals surface area contributed by atoms with Crippen molar-refractivity contribution in [2.75, 3.05) is 5.32 Å². The van der Waals surface area contributed by atoms with Gasteiger partial charge < -0.3 is 5.32 Å². The van der Waals surface area contributed by atoms with E-state index in [9.17, 15) is 4.79 Å². The lowest BCUT2D eigenvalue weighted by Gasteiger charge is -2.10. The summed E-state index contributed by atoms with van der Waals surface area (Å²) in [4.78, 5) is 12.1. The molecule has 116 valence electrons. The van der Waals surface area contributed by atoms with Crippen molar-refractivity contribution in [3.63, 3.8) is 0 Å². The van der Waals surface area contributed by atoms with Crippen LogP contribution in [-0.4, -0.2) is 5.91 Å². The van der Waals surface area contributed by atoms with Gasteiger partial charge in [-0.05, 0) is 48.9 Å². The predicted octanol–water partition coefficient (Wildman–Crippen LogP) is 5.00. The molecule has 0 saturated heterocycles. The maximum atomic E-state index is 12.1. The molecule has 0 fully saturated rings. The molecule has 2 aromatic rings. The number of aryl methyl sites for hydroxylation is 3. The van der Waals surface area contributed by atoms with Crippen LogP contribution in [0.5, 0.6) is 0 Å². The van der Waals surface area contributed by atoms with Gasteiger partial charge in [0.2, 0.25) is 5.91 Å². The molecule has 2 nitrogen and oxygen atoms in total. The van der Waals surface area contributed by atoms with Gasteiger partial charge in [-0.3, -0.25) is 4.79 Å². The highest BCUT2D eigenvalue weighted by atomic mass is 16.1. The zero-order valence-electron chi connectivity index (χ0n) is 13.9. The summed E-state index contributed by atoms with van der Waals surface area (Å²) >= 11 is 0. The van der Waals surface area contributed by atoms with Crippen LogP contribution in [-0.2, 0) is 11.2 Å². The minimum Gasteiger partial charge on any atom is -0.326 e. The fourth-order valence-corrected chi connectivity index (χ4v) is 2.49. The maximum Gasteiger partial charge on any atom is 0.224 e. The van der Waals surface area contributed by atoms with Crippen molar-refractivity contribution in [2.45, 2.75) is 46.5 Å². The number of nitrogens with one attached hydrogen (secondary N) is 1. The van der Waals surface area contributed by atoms with Crippen molar-refractivity contribution in [3.05, 3.63) is 64.7 Å². The Morgan fingerprint density at radius 1 is 1.05 bits per heavy atom. The summed E-state index contributed by atoms with van der Waals surface area (Å²) in [6.07, 6.45) is 1.28. The van der Waals surface area contributed by atoms with Gasteiger partial charge in [0, 0.05) is 12.1 Å². The van der Waals surface area contributed by atoms with Crippen LogP contribution in [0.4, 0.5) is 5.69 Å². The van der Waals surface area contributed by atoms with E-state index in [0.29, 0.717) is 12.3 Å². The Morgan fingerprint density at radius 2 is 1.73 bits per heavy atom. The van der Waals surface area contributed by atoms with Crippen molar-refractivity contribution in [3.8, 4) is 0 Å². The zero-order valence-corrected chi connectivity index (χ0v) is 13.9. The first-order valence-corrected chi connectivity index (χ1v) is 7.91. The third-order valence-corrected chi connectivity index (χ3v) is 3.94. The highest BCUT2D eigenvalue weighted by Gasteiger charge is 2.06. The number of hydrogen-bond acceptors (Lipinski definition) is 1. The molecule has 0 atom stereocenters. The first-order valence-electron chi connectivity index (χ1n) is 7.91. The number of hydrogen-bond donors (Lipinski definition) is 1. The topological polar surface area (TPSA) is 29.1 Å². The predicted molar refractivity (Wildman–Crippen MR) is 93.4 cm³/mol. The van der Waals surface area contributed by atoms with Gasteiger partial charge in [-0.25, -0.2) is 0 Å². The fraction of sp³-hybridized carbons (Fsp3) is 0.350. The summed E-state index contributed by atoms with van der Waals surface area (Å²) in [6, 6.07) is 14.6. The van der Waals surface area contributed by atoms with Crippen molar-refractivity contribution in [2.24, 2.45) is 0 Å². The Bertz CT molecular complexity index is 641. The molecule has 22 heavy (non-hydrogen) atoms. The van der Waals surface area contributed by atoms with E-state index >= 15 is 0 Å². The molecule has 0 aromatic heterocycles. The number of anilines is 1. The summed E-state index contributed by atoms with van der Waals surface area (Å²) in [5.74, 6) is 0.613.